The zero-order valence-corrected chi connectivity index (χ0v) is 32.7. The lowest BCUT2D eigenvalue weighted by molar-refractivity contribution is 0.662. The Labute approximate surface area is 337 Å². The van der Waals surface area contributed by atoms with Crippen molar-refractivity contribution in [1.29, 1.82) is 0 Å². The second-order valence-electron chi connectivity index (χ2n) is 15.7. The van der Waals surface area contributed by atoms with Crippen LogP contribution in [0.4, 0.5) is 17.1 Å². The van der Waals surface area contributed by atoms with Gasteiger partial charge in [0.15, 0.2) is 0 Å². The van der Waals surface area contributed by atoms with Crippen molar-refractivity contribution in [3.63, 3.8) is 0 Å². The molecule has 0 unspecified atom stereocenters. The third-order valence-corrected chi connectivity index (χ3v) is 13.3. The second-order valence-corrected chi connectivity index (χ2v) is 16.7. The van der Waals surface area contributed by atoms with Gasteiger partial charge in [-0.3, -0.25) is 0 Å². The third-order valence-electron chi connectivity index (χ3n) is 12.0. The highest BCUT2D eigenvalue weighted by molar-refractivity contribution is 7.26. The molecule has 1 heterocycles. The number of anilines is 3. The van der Waals surface area contributed by atoms with Crippen LogP contribution in [0.15, 0.2) is 200 Å². The summed E-state index contributed by atoms with van der Waals surface area (Å²) < 4.78 is 2.59. The van der Waals surface area contributed by atoms with Crippen LogP contribution in [-0.2, 0) is 5.41 Å². The van der Waals surface area contributed by atoms with Crippen molar-refractivity contribution in [2.24, 2.45) is 0 Å². The molecular weight excluding hydrogens is 707 g/mol. The van der Waals surface area contributed by atoms with Gasteiger partial charge in [-0.1, -0.05) is 172 Å². The molecule has 0 fully saturated rings. The summed E-state index contributed by atoms with van der Waals surface area (Å²) in [6, 6.07) is 73.8. The van der Waals surface area contributed by atoms with Gasteiger partial charge < -0.3 is 4.90 Å². The average Bonchev–Trinajstić information content (AvgIpc) is 3.77. The molecule has 1 aromatic heterocycles. The van der Waals surface area contributed by atoms with Gasteiger partial charge in [-0.2, -0.15) is 0 Å². The molecule has 1 aliphatic rings. The van der Waals surface area contributed by atoms with Gasteiger partial charge in [-0.05, 0) is 109 Å². The molecular formula is C55H39NS. The molecule has 0 radical (unpaired) electrons. The zero-order chi connectivity index (χ0) is 38.1. The van der Waals surface area contributed by atoms with Gasteiger partial charge >= 0.3 is 0 Å². The average molecular weight is 746 g/mol. The highest BCUT2D eigenvalue weighted by Crippen LogP contribution is 2.52. The van der Waals surface area contributed by atoms with E-state index >= 15 is 0 Å². The van der Waals surface area contributed by atoms with E-state index in [1.54, 1.807) is 0 Å². The minimum absolute atomic E-state index is 0.0879. The molecule has 2 heteroatoms. The molecule has 0 bridgehead atoms. The third kappa shape index (κ3) is 5.44. The summed E-state index contributed by atoms with van der Waals surface area (Å²) in [6.45, 7) is 4.74. The number of nitrogens with zero attached hydrogens (tertiary/aromatic N) is 1. The fourth-order valence-electron chi connectivity index (χ4n) is 9.38. The van der Waals surface area contributed by atoms with Crippen LogP contribution in [0.5, 0.6) is 0 Å². The van der Waals surface area contributed by atoms with Crippen molar-refractivity contribution in [1.82, 2.24) is 0 Å². The van der Waals surface area contributed by atoms with Crippen LogP contribution in [0.25, 0.3) is 75.5 Å². The van der Waals surface area contributed by atoms with E-state index in [1.807, 2.05) is 11.3 Å². The highest BCUT2D eigenvalue weighted by Gasteiger charge is 2.37. The molecule has 270 valence electrons. The first-order chi connectivity index (χ1) is 28.0. The quantitative estimate of drug-likeness (QED) is 0.164. The normalized spacial score (nSPS) is 12.9. The van der Waals surface area contributed by atoms with E-state index in [0.29, 0.717) is 0 Å². The number of thiophene rings is 1. The molecule has 0 saturated heterocycles. The van der Waals surface area contributed by atoms with Crippen LogP contribution in [0.3, 0.4) is 0 Å². The van der Waals surface area contributed by atoms with Crippen molar-refractivity contribution in [3.05, 3.63) is 211 Å². The second kappa shape index (κ2) is 13.2. The van der Waals surface area contributed by atoms with Gasteiger partial charge in [0.25, 0.3) is 0 Å². The minimum Gasteiger partial charge on any atom is -0.309 e. The van der Waals surface area contributed by atoms with Crippen LogP contribution in [-0.4, -0.2) is 0 Å². The van der Waals surface area contributed by atoms with Gasteiger partial charge in [0.05, 0.1) is 10.4 Å². The van der Waals surface area contributed by atoms with E-state index in [2.05, 4.69) is 219 Å². The topological polar surface area (TPSA) is 3.24 Å². The number of fused-ring (bicyclic) bond motifs is 7. The Morgan fingerprint density at radius 1 is 0.404 bits per heavy atom. The Morgan fingerprint density at radius 3 is 1.91 bits per heavy atom. The zero-order valence-electron chi connectivity index (χ0n) is 31.9. The SMILES string of the molecule is CC1(C)c2ccccc2-c2cccc(-c3ccc(N(c4cccc(-c5cccc(-c6cccc7ccccc67)c5)c4)c4cccc5c4sc4ccccc45)cc3)c21. The van der Waals surface area contributed by atoms with Gasteiger partial charge in [0, 0.05) is 32.3 Å². The summed E-state index contributed by atoms with van der Waals surface area (Å²) in [6.07, 6.45) is 0. The maximum atomic E-state index is 2.45. The van der Waals surface area contributed by atoms with Crippen molar-refractivity contribution in [3.8, 4) is 44.5 Å². The smallest absolute Gasteiger partial charge is 0.0640 e. The number of rotatable bonds is 6. The number of benzene rings is 9. The van der Waals surface area contributed by atoms with Crippen LogP contribution >= 0.6 is 11.3 Å². The summed E-state index contributed by atoms with van der Waals surface area (Å²) in [5, 5.41) is 5.11. The monoisotopic (exact) mass is 745 g/mol. The van der Waals surface area contributed by atoms with Crippen molar-refractivity contribution >= 4 is 59.3 Å². The van der Waals surface area contributed by atoms with E-state index in [4.69, 9.17) is 0 Å². The molecule has 0 atom stereocenters. The molecule has 0 N–H and O–H groups in total. The van der Waals surface area contributed by atoms with E-state index < -0.39 is 0 Å². The van der Waals surface area contributed by atoms with E-state index in [-0.39, 0.29) is 5.41 Å². The Morgan fingerprint density at radius 2 is 1.02 bits per heavy atom. The lowest BCUT2D eigenvalue weighted by atomic mass is 9.79. The van der Waals surface area contributed by atoms with E-state index in [9.17, 15) is 0 Å². The highest BCUT2D eigenvalue weighted by atomic mass is 32.1. The molecule has 0 spiro atoms. The van der Waals surface area contributed by atoms with Gasteiger partial charge in [-0.15, -0.1) is 11.3 Å². The maximum Gasteiger partial charge on any atom is 0.0640 e. The van der Waals surface area contributed by atoms with E-state index in [1.165, 1.54) is 92.3 Å². The molecule has 9 aromatic carbocycles. The van der Waals surface area contributed by atoms with Gasteiger partial charge in [-0.25, -0.2) is 0 Å². The molecule has 11 rings (SSSR count). The Kier molecular flexibility index (Phi) is 7.77. The Hall–Kier alpha value is -6.74. The van der Waals surface area contributed by atoms with E-state index in [0.717, 1.165) is 11.4 Å². The first-order valence-electron chi connectivity index (χ1n) is 19.8. The van der Waals surface area contributed by atoms with Crippen LogP contribution in [0.1, 0.15) is 25.0 Å². The van der Waals surface area contributed by atoms with Crippen molar-refractivity contribution in [2.75, 3.05) is 4.90 Å². The first kappa shape index (κ1) is 33.6. The molecule has 10 aromatic rings. The molecule has 0 saturated carbocycles. The fraction of sp³-hybridized carbons (Fsp3) is 0.0545. The summed E-state index contributed by atoms with van der Waals surface area (Å²) in [5.41, 5.74) is 16.2. The molecule has 0 amide bonds. The van der Waals surface area contributed by atoms with Gasteiger partial charge in [0.2, 0.25) is 0 Å². The van der Waals surface area contributed by atoms with Crippen LogP contribution < -0.4 is 4.90 Å². The minimum atomic E-state index is -0.0879. The molecule has 0 aliphatic heterocycles. The molecule has 1 nitrogen and oxygen atoms in total. The number of hydrogen-bond acceptors (Lipinski definition) is 2. The maximum absolute atomic E-state index is 2.45. The van der Waals surface area contributed by atoms with Crippen molar-refractivity contribution in [2.45, 2.75) is 19.3 Å². The molecule has 1 aliphatic carbocycles. The number of hydrogen-bond donors (Lipinski definition) is 0. The lowest BCUT2D eigenvalue weighted by Crippen LogP contribution is -2.16. The van der Waals surface area contributed by atoms with Crippen molar-refractivity contribution < 1.29 is 0 Å². The lowest BCUT2D eigenvalue weighted by Gasteiger charge is -2.27. The Bertz CT molecular complexity index is 3160. The van der Waals surface area contributed by atoms with Gasteiger partial charge in [0.1, 0.15) is 0 Å². The predicted molar refractivity (Wildman–Crippen MR) is 245 cm³/mol. The van der Waals surface area contributed by atoms with Crippen LogP contribution in [0.2, 0.25) is 0 Å². The summed E-state index contributed by atoms with van der Waals surface area (Å²) >= 11 is 1.87. The van der Waals surface area contributed by atoms with Crippen LogP contribution in [0, 0.1) is 0 Å². The first-order valence-corrected chi connectivity index (χ1v) is 20.6. The standard InChI is InChI=1S/C55H39NS/c1-55(2)50-27-7-5-21-46(50)48-25-12-24-45(53(48)55)37-30-32-41(33-31-37)56(51-28-13-26-49-47-22-6-8-29-52(47)57-54(49)51)42-19-10-17-39(35-42)38-16-9-18-40(34-38)44-23-11-15-36-14-3-4-20-43(36)44/h3-35H,1-2H3. The molecule has 57 heavy (non-hydrogen) atoms. The predicted octanol–water partition coefficient (Wildman–Crippen LogP) is 16.0. The fourth-order valence-corrected chi connectivity index (χ4v) is 10.6. The largest absolute Gasteiger partial charge is 0.309 e. The summed E-state index contributed by atoms with van der Waals surface area (Å²) in [4.78, 5) is 2.45. The Balaban J connectivity index is 1.05. The summed E-state index contributed by atoms with van der Waals surface area (Å²) in [5.74, 6) is 0. The summed E-state index contributed by atoms with van der Waals surface area (Å²) in [7, 11) is 0.